The van der Waals surface area contributed by atoms with Gasteiger partial charge < -0.3 is 18.3 Å². The number of aromatic nitrogens is 7. The van der Waals surface area contributed by atoms with Gasteiger partial charge in [0.05, 0.1) is 43.5 Å². The molecule has 0 radical (unpaired) electrons. The summed E-state index contributed by atoms with van der Waals surface area (Å²) in [5.41, 5.74) is 11.6. The van der Waals surface area contributed by atoms with Gasteiger partial charge >= 0.3 is 12.1 Å². The largest absolute Gasteiger partial charge is 0.461 e. The molecule has 3 aliphatic rings. The fourth-order valence-corrected chi connectivity index (χ4v) is 6.51. The lowest BCUT2D eigenvalue weighted by Crippen LogP contribution is -2.40. The Balaban J connectivity index is 0.815. The molecule has 0 aromatic carbocycles. The van der Waals surface area contributed by atoms with Crippen LogP contribution < -0.4 is 16.3 Å². The molecule has 3 atom stereocenters. The highest BCUT2D eigenvalue weighted by molar-refractivity contribution is 5.86. The molecule has 15 nitrogen and oxygen atoms in total. The van der Waals surface area contributed by atoms with Crippen molar-refractivity contribution < 1.29 is 19.1 Å². The van der Waals surface area contributed by atoms with Crippen LogP contribution >= 0.6 is 0 Å². The molecule has 5 aromatic heterocycles. The van der Waals surface area contributed by atoms with E-state index in [9.17, 15) is 9.59 Å². The Labute approximate surface area is 288 Å². The lowest BCUT2D eigenvalue weighted by Gasteiger charge is -2.19. The Morgan fingerprint density at radius 2 is 1.66 bits per heavy atom. The summed E-state index contributed by atoms with van der Waals surface area (Å²) >= 11 is 0. The SMILES string of the molecule is C[C@H](COC(=O)c1cn(Cc2cn3cc(C4CC4)ccc3n2)nn1)[C@@H]1CC1c1ccc2nc(CN3C=C(NC(=O)OC(C)(C)C)NN3)cn2c1. The summed E-state index contributed by atoms with van der Waals surface area (Å²) in [6.07, 6.45) is 14.7. The van der Waals surface area contributed by atoms with Crippen molar-refractivity contribution in [3.63, 3.8) is 0 Å². The first kappa shape index (κ1) is 31.8. The molecule has 0 bridgehead atoms. The highest BCUT2D eigenvalue weighted by Gasteiger charge is 2.42. The van der Waals surface area contributed by atoms with Gasteiger partial charge in [-0.1, -0.05) is 24.3 Å². The number of esters is 1. The second-order valence-corrected chi connectivity index (χ2v) is 14.6. The van der Waals surface area contributed by atoms with Gasteiger partial charge in [0.1, 0.15) is 22.7 Å². The van der Waals surface area contributed by atoms with Crippen LogP contribution in [0.2, 0.25) is 0 Å². The average Bonchev–Trinajstić information content (AvgIpc) is 3.86. The summed E-state index contributed by atoms with van der Waals surface area (Å²) < 4.78 is 16.7. The third-order valence-corrected chi connectivity index (χ3v) is 9.23. The van der Waals surface area contributed by atoms with E-state index < -0.39 is 17.7 Å². The van der Waals surface area contributed by atoms with Crippen LogP contribution in [0.3, 0.4) is 0 Å². The quantitative estimate of drug-likeness (QED) is 0.172. The number of alkyl carbamates (subject to hydrolysis) is 1. The monoisotopic (exact) mass is 679 g/mol. The molecule has 8 rings (SSSR count). The number of hydrogen-bond donors (Lipinski definition) is 3. The van der Waals surface area contributed by atoms with Crippen molar-refractivity contribution in [1.82, 2.24) is 55.0 Å². The summed E-state index contributed by atoms with van der Waals surface area (Å²) in [7, 11) is 0. The predicted molar refractivity (Wildman–Crippen MR) is 181 cm³/mol. The van der Waals surface area contributed by atoms with E-state index in [0.29, 0.717) is 43.3 Å². The molecule has 2 aliphatic carbocycles. The highest BCUT2D eigenvalue weighted by atomic mass is 16.6. The number of carbonyl (C=O) groups is 2. The van der Waals surface area contributed by atoms with Crippen molar-refractivity contribution in [2.75, 3.05) is 6.61 Å². The maximum Gasteiger partial charge on any atom is 0.413 e. The molecule has 0 spiro atoms. The fraction of sp³-hybridized carbons (Fsp3) is 0.429. The number of nitrogens with zero attached hydrogens (tertiary/aromatic N) is 8. The minimum absolute atomic E-state index is 0.190. The number of amides is 1. The molecule has 260 valence electrons. The molecule has 1 unspecified atom stereocenters. The van der Waals surface area contributed by atoms with Gasteiger partial charge in [0.25, 0.3) is 0 Å². The minimum atomic E-state index is -0.584. The second kappa shape index (κ2) is 12.5. The molecule has 50 heavy (non-hydrogen) atoms. The van der Waals surface area contributed by atoms with Crippen LogP contribution in [0, 0.1) is 11.8 Å². The van der Waals surface area contributed by atoms with Crippen LogP contribution in [0.25, 0.3) is 11.3 Å². The molecule has 2 saturated carbocycles. The number of carbonyl (C=O) groups excluding carboxylic acids is 2. The second-order valence-electron chi connectivity index (χ2n) is 14.6. The molecule has 0 saturated heterocycles. The number of imidazole rings is 2. The van der Waals surface area contributed by atoms with Crippen LogP contribution in [0.1, 0.15) is 91.8 Å². The number of hydrogen-bond acceptors (Lipinski definition) is 11. The Kier molecular flexibility index (Phi) is 7.93. The first-order valence-electron chi connectivity index (χ1n) is 17.1. The smallest absolute Gasteiger partial charge is 0.413 e. The third kappa shape index (κ3) is 7.13. The van der Waals surface area contributed by atoms with Crippen LogP contribution in [-0.4, -0.2) is 63.0 Å². The van der Waals surface area contributed by atoms with Crippen LogP contribution in [-0.2, 0) is 22.6 Å². The molecular formula is C35H41N11O4. The number of ether oxygens (including phenoxy) is 2. The number of pyridine rings is 2. The summed E-state index contributed by atoms with van der Waals surface area (Å²) in [6, 6.07) is 8.36. The topological polar surface area (TPSA) is 157 Å². The molecule has 6 heterocycles. The minimum Gasteiger partial charge on any atom is -0.461 e. The van der Waals surface area contributed by atoms with Crippen molar-refractivity contribution in [3.05, 3.63) is 95.5 Å². The van der Waals surface area contributed by atoms with E-state index in [2.05, 4.69) is 73.5 Å². The highest BCUT2D eigenvalue weighted by Crippen LogP contribution is 2.52. The molecule has 1 aliphatic heterocycles. The van der Waals surface area contributed by atoms with Gasteiger partial charge in [-0.15, -0.1) is 10.6 Å². The van der Waals surface area contributed by atoms with E-state index in [1.807, 2.05) is 43.6 Å². The molecule has 1 amide bonds. The Hall–Kier alpha value is -5.44. The van der Waals surface area contributed by atoms with Crippen molar-refractivity contribution in [3.8, 4) is 0 Å². The Bertz CT molecular complexity index is 2100. The third-order valence-electron chi connectivity index (χ3n) is 9.23. The van der Waals surface area contributed by atoms with Crippen molar-refractivity contribution in [1.29, 1.82) is 0 Å². The summed E-state index contributed by atoms with van der Waals surface area (Å²) in [4.78, 5) is 34.3. The fourth-order valence-electron chi connectivity index (χ4n) is 6.51. The van der Waals surface area contributed by atoms with Gasteiger partial charge in [-0.25, -0.2) is 24.2 Å². The first-order chi connectivity index (χ1) is 24.0. The predicted octanol–water partition coefficient (Wildman–Crippen LogP) is 4.24. The Morgan fingerprint density at radius 3 is 2.38 bits per heavy atom. The van der Waals surface area contributed by atoms with Gasteiger partial charge in [0, 0.05) is 24.8 Å². The first-order valence-corrected chi connectivity index (χ1v) is 17.1. The summed E-state index contributed by atoms with van der Waals surface area (Å²) in [5.74, 6) is 1.68. The van der Waals surface area contributed by atoms with Crippen LogP contribution in [0.5, 0.6) is 0 Å². The summed E-state index contributed by atoms with van der Waals surface area (Å²) in [5, 5.41) is 12.7. The Morgan fingerprint density at radius 1 is 0.960 bits per heavy atom. The summed E-state index contributed by atoms with van der Waals surface area (Å²) in [6.45, 7) is 8.78. The number of fused-ring (bicyclic) bond motifs is 2. The normalized spacial score (nSPS) is 19.4. The van der Waals surface area contributed by atoms with E-state index in [0.717, 1.165) is 29.1 Å². The standard InChI is InChI=1S/C35H41N11O4/c1-21(20-49-33(47)29-18-45(41-39-29)16-25-14-43-12-23(22-5-6-22)7-9-31(43)36-25)27-11-28(27)24-8-10-32-37-26(15-44(32)13-24)17-46-19-30(40-42-46)38-34(48)50-35(2,3)4/h7-10,12-15,18-19,21-22,27-28,40,42H,5-6,11,16-17,20H2,1-4H3,(H,38,48)/t21-,27+,28?/m1/s1. The zero-order valence-electron chi connectivity index (χ0n) is 28.5. The van der Waals surface area contributed by atoms with Gasteiger partial charge in [-0.05, 0) is 87.0 Å². The van der Waals surface area contributed by atoms with E-state index in [1.54, 1.807) is 22.1 Å². The van der Waals surface area contributed by atoms with Crippen molar-refractivity contribution in [2.24, 2.45) is 11.8 Å². The molecule has 2 fully saturated rings. The van der Waals surface area contributed by atoms with Gasteiger partial charge in [-0.2, -0.15) is 0 Å². The number of hydrazine groups is 2. The number of nitrogens with one attached hydrogen (secondary N) is 3. The van der Waals surface area contributed by atoms with Crippen LogP contribution in [0.4, 0.5) is 4.79 Å². The van der Waals surface area contributed by atoms with E-state index in [-0.39, 0.29) is 11.6 Å². The number of rotatable bonds is 11. The van der Waals surface area contributed by atoms with E-state index >= 15 is 0 Å². The lowest BCUT2D eigenvalue weighted by molar-refractivity contribution is 0.0426. The lowest BCUT2D eigenvalue weighted by atomic mass is 10.0. The van der Waals surface area contributed by atoms with E-state index in [1.165, 1.54) is 24.0 Å². The molecule has 3 N–H and O–H groups in total. The van der Waals surface area contributed by atoms with Gasteiger partial charge in [0.2, 0.25) is 0 Å². The van der Waals surface area contributed by atoms with Gasteiger partial charge in [0.15, 0.2) is 5.69 Å². The average molecular weight is 680 g/mol. The van der Waals surface area contributed by atoms with Gasteiger partial charge in [-0.3, -0.25) is 15.8 Å². The molecule has 15 heteroatoms. The van der Waals surface area contributed by atoms with Crippen molar-refractivity contribution in [2.45, 2.75) is 77.5 Å². The maximum atomic E-state index is 12.8. The zero-order valence-corrected chi connectivity index (χ0v) is 28.5. The van der Waals surface area contributed by atoms with E-state index in [4.69, 9.17) is 14.5 Å². The van der Waals surface area contributed by atoms with Crippen molar-refractivity contribution >= 4 is 23.4 Å². The maximum absolute atomic E-state index is 12.8. The zero-order chi connectivity index (χ0) is 34.6. The molecular weight excluding hydrogens is 638 g/mol. The molecule has 5 aromatic rings. The van der Waals surface area contributed by atoms with Crippen LogP contribution in [0.15, 0.2) is 67.3 Å².